The molecule has 2 atom stereocenters. The topological polar surface area (TPSA) is 49.3 Å². The first-order chi connectivity index (χ1) is 8.20. The van der Waals surface area contributed by atoms with E-state index in [1.54, 1.807) is 18.2 Å². The van der Waals surface area contributed by atoms with Crippen LogP contribution in [0.2, 0.25) is 0 Å². The normalized spacial score (nSPS) is 22.4. The molecule has 2 N–H and O–H groups in total. The second kappa shape index (κ2) is 5.32. The third-order valence-electron chi connectivity index (χ3n) is 3.32. The van der Waals surface area contributed by atoms with Gasteiger partial charge >= 0.3 is 5.97 Å². The van der Waals surface area contributed by atoms with Gasteiger partial charge in [-0.15, -0.1) is 0 Å². The van der Waals surface area contributed by atoms with Crippen LogP contribution in [0.1, 0.15) is 42.1 Å². The number of carbonyl (C=O) groups is 1. The minimum Gasteiger partial charge on any atom is -0.478 e. The van der Waals surface area contributed by atoms with Gasteiger partial charge in [-0.1, -0.05) is 25.5 Å². The largest absolute Gasteiger partial charge is 0.478 e. The van der Waals surface area contributed by atoms with Gasteiger partial charge in [-0.25, -0.2) is 4.79 Å². The number of carboxylic acid groups (broad SMARTS) is 1. The molecule has 1 aliphatic rings. The summed E-state index contributed by atoms with van der Waals surface area (Å²) in [5.74, 6) is -0.0233. The number of nitrogens with one attached hydrogen (secondary N) is 1. The van der Waals surface area contributed by atoms with Gasteiger partial charge in [0.25, 0.3) is 0 Å². The lowest BCUT2D eigenvalue weighted by molar-refractivity contribution is 0.0697. The molecule has 1 saturated carbocycles. The highest BCUT2D eigenvalue weighted by Gasteiger charge is 2.35. The van der Waals surface area contributed by atoms with Gasteiger partial charge in [0.1, 0.15) is 0 Å². The van der Waals surface area contributed by atoms with Crippen LogP contribution >= 0.6 is 0 Å². The van der Waals surface area contributed by atoms with Gasteiger partial charge in [0, 0.05) is 12.6 Å². The van der Waals surface area contributed by atoms with E-state index in [2.05, 4.69) is 12.2 Å². The van der Waals surface area contributed by atoms with E-state index in [1.807, 2.05) is 6.07 Å². The summed E-state index contributed by atoms with van der Waals surface area (Å²) in [5, 5.41) is 12.4. The highest BCUT2D eigenvalue weighted by atomic mass is 16.4. The van der Waals surface area contributed by atoms with Crippen molar-refractivity contribution >= 4 is 5.97 Å². The first-order valence-corrected chi connectivity index (χ1v) is 6.26. The van der Waals surface area contributed by atoms with Crippen molar-refractivity contribution in [2.24, 2.45) is 5.92 Å². The van der Waals surface area contributed by atoms with Crippen LogP contribution in [0, 0.1) is 5.92 Å². The SMILES string of the molecule is CCC[C@@H]1C[C@H]1NCc1cccc(C(=O)O)c1. The van der Waals surface area contributed by atoms with Crippen molar-refractivity contribution in [3.8, 4) is 0 Å². The Morgan fingerprint density at radius 2 is 2.35 bits per heavy atom. The predicted octanol–water partition coefficient (Wildman–Crippen LogP) is 2.66. The molecule has 3 nitrogen and oxygen atoms in total. The molecule has 0 spiro atoms. The number of hydrogen-bond donors (Lipinski definition) is 2. The molecule has 17 heavy (non-hydrogen) atoms. The summed E-state index contributed by atoms with van der Waals surface area (Å²) in [6.45, 7) is 2.98. The molecule has 0 unspecified atom stereocenters. The molecule has 0 aliphatic heterocycles. The van der Waals surface area contributed by atoms with Crippen molar-refractivity contribution in [2.75, 3.05) is 0 Å². The quantitative estimate of drug-likeness (QED) is 0.794. The number of carboxylic acids is 1. The molecule has 0 aromatic heterocycles. The van der Waals surface area contributed by atoms with Gasteiger partial charge < -0.3 is 10.4 Å². The van der Waals surface area contributed by atoms with Crippen molar-refractivity contribution in [1.29, 1.82) is 0 Å². The third kappa shape index (κ3) is 3.30. The molecule has 0 amide bonds. The molecule has 2 rings (SSSR count). The lowest BCUT2D eigenvalue weighted by Gasteiger charge is -2.05. The van der Waals surface area contributed by atoms with Crippen molar-refractivity contribution < 1.29 is 9.90 Å². The molecule has 0 bridgehead atoms. The van der Waals surface area contributed by atoms with Gasteiger partial charge in [-0.3, -0.25) is 0 Å². The zero-order valence-electron chi connectivity index (χ0n) is 10.1. The Labute approximate surface area is 102 Å². The van der Waals surface area contributed by atoms with Crippen LogP contribution < -0.4 is 5.32 Å². The fraction of sp³-hybridized carbons (Fsp3) is 0.500. The Balaban J connectivity index is 1.83. The van der Waals surface area contributed by atoms with Crippen molar-refractivity contribution in [1.82, 2.24) is 5.32 Å². The smallest absolute Gasteiger partial charge is 0.335 e. The van der Waals surface area contributed by atoms with E-state index in [0.29, 0.717) is 11.6 Å². The summed E-state index contributed by atoms with van der Waals surface area (Å²) in [4.78, 5) is 10.8. The Morgan fingerprint density at radius 3 is 3.06 bits per heavy atom. The molecule has 3 heteroatoms. The standard InChI is InChI=1S/C14H19NO2/c1-2-4-11-8-13(11)15-9-10-5-3-6-12(7-10)14(16)17/h3,5-7,11,13,15H,2,4,8-9H2,1H3,(H,16,17)/t11-,13-/m1/s1. The van der Waals surface area contributed by atoms with E-state index in [0.717, 1.165) is 18.0 Å². The monoisotopic (exact) mass is 233 g/mol. The summed E-state index contributed by atoms with van der Waals surface area (Å²) in [6, 6.07) is 7.78. The van der Waals surface area contributed by atoms with Crippen molar-refractivity contribution in [3.05, 3.63) is 35.4 Å². The zero-order valence-corrected chi connectivity index (χ0v) is 10.1. The van der Waals surface area contributed by atoms with Crippen LogP contribution in [0.25, 0.3) is 0 Å². The third-order valence-corrected chi connectivity index (χ3v) is 3.32. The minimum atomic E-state index is -0.859. The Hall–Kier alpha value is -1.35. The minimum absolute atomic E-state index is 0.366. The lowest BCUT2D eigenvalue weighted by Crippen LogP contribution is -2.17. The number of benzene rings is 1. The van der Waals surface area contributed by atoms with E-state index < -0.39 is 5.97 Å². The van der Waals surface area contributed by atoms with Crippen LogP contribution in [0.4, 0.5) is 0 Å². The first-order valence-electron chi connectivity index (χ1n) is 6.26. The molecule has 92 valence electrons. The van der Waals surface area contributed by atoms with Crippen molar-refractivity contribution in [2.45, 2.75) is 38.8 Å². The Bertz CT molecular complexity index is 403. The summed E-state index contributed by atoms with van der Waals surface area (Å²) < 4.78 is 0. The number of rotatable bonds is 6. The second-order valence-corrected chi connectivity index (χ2v) is 4.78. The Kier molecular flexibility index (Phi) is 3.79. The van der Waals surface area contributed by atoms with Crippen molar-refractivity contribution in [3.63, 3.8) is 0 Å². The van der Waals surface area contributed by atoms with Crippen LogP contribution in [-0.4, -0.2) is 17.1 Å². The van der Waals surface area contributed by atoms with Crippen LogP contribution in [0.15, 0.2) is 24.3 Å². The van der Waals surface area contributed by atoms with E-state index in [9.17, 15) is 4.79 Å². The van der Waals surface area contributed by atoms with Gasteiger partial charge in [0.05, 0.1) is 5.56 Å². The molecule has 0 heterocycles. The van der Waals surface area contributed by atoms with Gasteiger partial charge in [-0.2, -0.15) is 0 Å². The predicted molar refractivity (Wildman–Crippen MR) is 67.0 cm³/mol. The molecule has 1 aromatic carbocycles. The fourth-order valence-electron chi connectivity index (χ4n) is 2.25. The van der Waals surface area contributed by atoms with Crippen LogP contribution in [-0.2, 0) is 6.54 Å². The van der Waals surface area contributed by atoms with Gasteiger partial charge in [0.15, 0.2) is 0 Å². The lowest BCUT2D eigenvalue weighted by atomic mass is 10.1. The van der Waals surface area contributed by atoms with E-state index in [-0.39, 0.29) is 0 Å². The highest BCUT2D eigenvalue weighted by molar-refractivity contribution is 5.87. The summed E-state index contributed by atoms with van der Waals surface area (Å²) in [7, 11) is 0. The van der Waals surface area contributed by atoms with E-state index in [4.69, 9.17) is 5.11 Å². The molecular weight excluding hydrogens is 214 g/mol. The van der Waals surface area contributed by atoms with E-state index in [1.165, 1.54) is 19.3 Å². The molecule has 1 fully saturated rings. The molecule has 0 saturated heterocycles. The van der Waals surface area contributed by atoms with Gasteiger partial charge in [-0.05, 0) is 36.5 Å². The maximum Gasteiger partial charge on any atom is 0.335 e. The average molecular weight is 233 g/mol. The molecule has 1 aromatic rings. The Morgan fingerprint density at radius 1 is 1.53 bits per heavy atom. The molecule has 0 radical (unpaired) electrons. The van der Waals surface area contributed by atoms with Gasteiger partial charge in [0.2, 0.25) is 0 Å². The second-order valence-electron chi connectivity index (χ2n) is 4.78. The number of hydrogen-bond acceptors (Lipinski definition) is 2. The maximum atomic E-state index is 10.8. The molecular formula is C14H19NO2. The summed E-state index contributed by atoms with van der Waals surface area (Å²) in [5.41, 5.74) is 1.41. The first kappa shape index (κ1) is 12.1. The van der Waals surface area contributed by atoms with Crippen LogP contribution in [0.5, 0.6) is 0 Å². The summed E-state index contributed by atoms with van der Waals surface area (Å²) >= 11 is 0. The zero-order chi connectivity index (χ0) is 12.3. The maximum absolute atomic E-state index is 10.8. The molecule has 1 aliphatic carbocycles. The van der Waals surface area contributed by atoms with Crippen LogP contribution in [0.3, 0.4) is 0 Å². The highest BCUT2D eigenvalue weighted by Crippen LogP contribution is 2.34. The number of aromatic carboxylic acids is 1. The average Bonchev–Trinajstić information content (AvgIpc) is 3.06. The fourth-order valence-corrected chi connectivity index (χ4v) is 2.25. The summed E-state index contributed by atoms with van der Waals surface area (Å²) in [6.07, 6.45) is 3.82. The van der Waals surface area contributed by atoms with E-state index >= 15 is 0 Å².